The number of hydrogen-bond donors (Lipinski definition) is 1. The molecule has 0 aliphatic carbocycles. The second kappa shape index (κ2) is 9.16. The number of benzene rings is 2. The predicted molar refractivity (Wildman–Crippen MR) is 121 cm³/mol. The molecule has 2 heterocycles. The van der Waals surface area contributed by atoms with Gasteiger partial charge >= 0.3 is 0 Å². The number of carbonyl (C=O) groups is 2. The molecule has 0 spiro atoms. The Morgan fingerprint density at radius 3 is 2.68 bits per heavy atom. The highest BCUT2D eigenvalue weighted by molar-refractivity contribution is 6.09. The van der Waals surface area contributed by atoms with Crippen molar-refractivity contribution in [1.29, 1.82) is 0 Å². The molecule has 4 rings (SSSR count). The second-order valence-electron chi connectivity index (χ2n) is 8.10. The van der Waals surface area contributed by atoms with Gasteiger partial charge < -0.3 is 10.2 Å². The van der Waals surface area contributed by atoms with Gasteiger partial charge in [0.15, 0.2) is 0 Å². The predicted octanol–water partition coefficient (Wildman–Crippen LogP) is 3.41. The van der Waals surface area contributed by atoms with E-state index >= 15 is 0 Å². The third kappa shape index (κ3) is 4.68. The molecule has 1 aliphatic rings. The standard InChI is InChI=1S/C25H28N4O2/c1-18-8-9-21(16-19(18)2)28-14-12-23(25(28)31)24(30)26-17-22-10-13-27-29(22)15-11-20-6-4-3-5-7-20/h3-10,13,16,23H,11-12,14-15,17H2,1-2H3,(H,26,30). The first-order valence-electron chi connectivity index (χ1n) is 10.7. The summed E-state index contributed by atoms with van der Waals surface area (Å²) in [5.41, 5.74) is 5.37. The Labute approximate surface area is 182 Å². The van der Waals surface area contributed by atoms with Crippen molar-refractivity contribution >= 4 is 17.5 Å². The van der Waals surface area contributed by atoms with E-state index in [1.807, 2.05) is 61.0 Å². The van der Waals surface area contributed by atoms with Crippen LogP contribution in [0, 0.1) is 19.8 Å². The molecule has 3 aromatic rings. The molecule has 1 unspecified atom stereocenters. The Bertz CT molecular complexity index is 1070. The number of rotatable bonds is 7. The summed E-state index contributed by atoms with van der Waals surface area (Å²) in [5.74, 6) is -0.979. The van der Waals surface area contributed by atoms with Crippen LogP contribution in [-0.2, 0) is 29.1 Å². The maximum Gasteiger partial charge on any atom is 0.239 e. The van der Waals surface area contributed by atoms with Crippen molar-refractivity contribution in [3.05, 3.63) is 83.2 Å². The quantitative estimate of drug-likeness (QED) is 0.600. The average molecular weight is 417 g/mol. The third-order valence-electron chi connectivity index (χ3n) is 6.03. The zero-order valence-corrected chi connectivity index (χ0v) is 18.0. The summed E-state index contributed by atoms with van der Waals surface area (Å²) >= 11 is 0. The molecule has 1 aromatic heterocycles. The first-order chi connectivity index (χ1) is 15.0. The van der Waals surface area contributed by atoms with Crippen molar-refractivity contribution in [2.45, 2.75) is 39.8 Å². The number of aryl methyl sites for hydroxylation is 4. The molecule has 0 radical (unpaired) electrons. The summed E-state index contributed by atoms with van der Waals surface area (Å²) in [7, 11) is 0. The molecule has 1 N–H and O–H groups in total. The van der Waals surface area contributed by atoms with Crippen LogP contribution in [0.2, 0.25) is 0 Å². The summed E-state index contributed by atoms with van der Waals surface area (Å²) in [6.07, 6.45) is 3.15. The van der Waals surface area contributed by atoms with Crippen LogP contribution in [0.15, 0.2) is 60.8 Å². The second-order valence-corrected chi connectivity index (χ2v) is 8.10. The Balaban J connectivity index is 1.34. The Morgan fingerprint density at radius 2 is 1.90 bits per heavy atom. The SMILES string of the molecule is Cc1ccc(N2CCC(C(=O)NCc3ccnn3CCc3ccccc3)C2=O)cc1C. The van der Waals surface area contributed by atoms with E-state index in [0.717, 1.165) is 29.9 Å². The fraction of sp³-hybridized carbons (Fsp3) is 0.320. The monoisotopic (exact) mass is 416 g/mol. The molecule has 0 bridgehead atoms. The van der Waals surface area contributed by atoms with Crippen LogP contribution in [0.5, 0.6) is 0 Å². The summed E-state index contributed by atoms with van der Waals surface area (Å²) in [5, 5.41) is 7.32. The van der Waals surface area contributed by atoms with Crippen LogP contribution < -0.4 is 10.2 Å². The van der Waals surface area contributed by atoms with Crippen LogP contribution in [0.1, 0.15) is 28.8 Å². The lowest BCUT2D eigenvalue weighted by molar-refractivity contribution is -0.132. The van der Waals surface area contributed by atoms with Gasteiger partial charge in [-0.05, 0) is 61.6 Å². The molecule has 1 aliphatic heterocycles. The molecule has 31 heavy (non-hydrogen) atoms. The Morgan fingerprint density at radius 1 is 1.10 bits per heavy atom. The fourth-order valence-electron chi connectivity index (χ4n) is 3.97. The molecule has 6 nitrogen and oxygen atoms in total. The topological polar surface area (TPSA) is 67.2 Å². The van der Waals surface area contributed by atoms with Gasteiger partial charge in [-0.1, -0.05) is 36.4 Å². The molecule has 1 fully saturated rings. The van der Waals surface area contributed by atoms with Crippen LogP contribution in [0.25, 0.3) is 0 Å². The van der Waals surface area contributed by atoms with Gasteiger partial charge in [-0.25, -0.2) is 0 Å². The van der Waals surface area contributed by atoms with Gasteiger partial charge in [-0.3, -0.25) is 14.3 Å². The van der Waals surface area contributed by atoms with E-state index in [4.69, 9.17) is 0 Å². The number of anilines is 1. The Kier molecular flexibility index (Phi) is 6.16. The molecule has 160 valence electrons. The normalized spacial score (nSPS) is 16.0. The van der Waals surface area contributed by atoms with Crippen molar-refractivity contribution in [1.82, 2.24) is 15.1 Å². The molecule has 1 saturated heterocycles. The van der Waals surface area contributed by atoms with Crippen molar-refractivity contribution in [3.63, 3.8) is 0 Å². The van der Waals surface area contributed by atoms with Crippen LogP contribution in [0.4, 0.5) is 5.69 Å². The number of hydrogen-bond acceptors (Lipinski definition) is 3. The van der Waals surface area contributed by atoms with E-state index in [1.54, 1.807) is 11.1 Å². The number of aromatic nitrogens is 2. The lowest BCUT2D eigenvalue weighted by atomic mass is 10.1. The van der Waals surface area contributed by atoms with Gasteiger partial charge in [0.05, 0.1) is 12.2 Å². The Hall–Kier alpha value is -3.41. The number of carbonyl (C=O) groups excluding carboxylic acids is 2. The van der Waals surface area contributed by atoms with Gasteiger partial charge in [-0.2, -0.15) is 5.10 Å². The summed E-state index contributed by atoms with van der Waals surface area (Å²) in [6, 6.07) is 18.1. The minimum atomic E-state index is -0.637. The van der Waals surface area contributed by atoms with E-state index < -0.39 is 5.92 Å². The average Bonchev–Trinajstić information content (AvgIpc) is 3.39. The van der Waals surface area contributed by atoms with Gasteiger partial charge in [0, 0.05) is 25.0 Å². The first kappa shape index (κ1) is 20.8. The molecule has 2 amide bonds. The molecule has 1 atom stereocenters. The van der Waals surface area contributed by atoms with Crippen molar-refractivity contribution in [3.8, 4) is 0 Å². The zero-order valence-electron chi connectivity index (χ0n) is 18.0. The summed E-state index contributed by atoms with van der Waals surface area (Å²) in [4.78, 5) is 27.4. The lowest BCUT2D eigenvalue weighted by Crippen LogP contribution is -2.37. The van der Waals surface area contributed by atoms with E-state index in [0.29, 0.717) is 19.5 Å². The molecular formula is C25H28N4O2. The van der Waals surface area contributed by atoms with Gasteiger partial charge in [0.25, 0.3) is 0 Å². The highest BCUT2D eigenvalue weighted by Crippen LogP contribution is 2.27. The van der Waals surface area contributed by atoms with Crippen molar-refractivity contribution in [2.24, 2.45) is 5.92 Å². The maximum atomic E-state index is 12.9. The van der Waals surface area contributed by atoms with E-state index in [1.165, 1.54) is 11.1 Å². The maximum absolute atomic E-state index is 12.9. The van der Waals surface area contributed by atoms with Crippen LogP contribution in [0.3, 0.4) is 0 Å². The molecular weight excluding hydrogens is 388 g/mol. The highest BCUT2D eigenvalue weighted by atomic mass is 16.2. The number of nitrogens with zero attached hydrogens (tertiary/aromatic N) is 3. The van der Waals surface area contributed by atoms with E-state index in [9.17, 15) is 9.59 Å². The molecule has 6 heteroatoms. The van der Waals surface area contributed by atoms with E-state index in [-0.39, 0.29) is 11.8 Å². The number of nitrogens with one attached hydrogen (secondary N) is 1. The smallest absolute Gasteiger partial charge is 0.239 e. The van der Waals surface area contributed by atoms with Crippen LogP contribution >= 0.6 is 0 Å². The van der Waals surface area contributed by atoms with Crippen LogP contribution in [-0.4, -0.2) is 28.1 Å². The summed E-state index contributed by atoms with van der Waals surface area (Å²) < 4.78 is 1.91. The summed E-state index contributed by atoms with van der Waals surface area (Å²) in [6.45, 7) is 5.75. The molecule has 0 saturated carbocycles. The third-order valence-corrected chi connectivity index (χ3v) is 6.03. The minimum Gasteiger partial charge on any atom is -0.350 e. The fourth-order valence-corrected chi connectivity index (χ4v) is 3.97. The van der Waals surface area contributed by atoms with Gasteiger partial charge in [-0.15, -0.1) is 0 Å². The lowest BCUT2D eigenvalue weighted by Gasteiger charge is -2.18. The zero-order chi connectivity index (χ0) is 21.8. The van der Waals surface area contributed by atoms with Gasteiger partial charge in [0.1, 0.15) is 5.92 Å². The molecule has 2 aromatic carbocycles. The first-order valence-corrected chi connectivity index (χ1v) is 10.7. The van der Waals surface area contributed by atoms with Gasteiger partial charge in [0.2, 0.25) is 11.8 Å². The minimum absolute atomic E-state index is 0.127. The largest absolute Gasteiger partial charge is 0.350 e. The van der Waals surface area contributed by atoms with Crippen molar-refractivity contribution < 1.29 is 9.59 Å². The number of amides is 2. The highest BCUT2D eigenvalue weighted by Gasteiger charge is 2.37. The van der Waals surface area contributed by atoms with E-state index in [2.05, 4.69) is 22.5 Å². The van der Waals surface area contributed by atoms with Crippen molar-refractivity contribution in [2.75, 3.05) is 11.4 Å².